The summed E-state index contributed by atoms with van der Waals surface area (Å²) in [5.41, 5.74) is 0.879. The Morgan fingerprint density at radius 1 is 1.24 bits per heavy atom. The molecule has 0 saturated heterocycles. The number of benzene rings is 1. The predicted molar refractivity (Wildman–Crippen MR) is 107 cm³/mol. The van der Waals surface area contributed by atoms with E-state index in [1.165, 1.54) is 13.8 Å². The van der Waals surface area contributed by atoms with Gasteiger partial charge < -0.3 is 14.6 Å². The van der Waals surface area contributed by atoms with E-state index in [1.807, 2.05) is 18.2 Å². The molecular weight excluding hydrogens is 368 g/mol. The molecule has 2 saturated carbocycles. The van der Waals surface area contributed by atoms with Crippen LogP contribution in [0.15, 0.2) is 18.2 Å². The van der Waals surface area contributed by atoms with E-state index in [2.05, 4.69) is 12.8 Å². The summed E-state index contributed by atoms with van der Waals surface area (Å²) in [5, 5.41) is 11.2. The lowest BCUT2D eigenvalue weighted by atomic mass is 9.52. The first-order valence-electron chi connectivity index (χ1n) is 10.4. The van der Waals surface area contributed by atoms with Gasteiger partial charge in [-0.15, -0.1) is 6.42 Å². The topological polar surface area (TPSA) is 72.8 Å². The molecule has 1 aromatic rings. The van der Waals surface area contributed by atoms with Crippen LogP contribution >= 0.6 is 0 Å². The average Bonchev–Trinajstić information content (AvgIpc) is 2.92. The molecule has 1 N–H and O–H groups in total. The van der Waals surface area contributed by atoms with Crippen molar-refractivity contribution in [3.05, 3.63) is 29.3 Å². The number of aryl methyl sites for hydroxylation is 1. The Morgan fingerprint density at radius 2 is 2.00 bits per heavy atom. The highest BCUT2D eigenvalue weighted by Gasteiger charge is 2.65. The minimum Gasteiger partial charge on any atom is -0.445 e. The molecule has 154 valence electrons. The van der Waals surface area contributed by atoms with E-state index in [-0.39, 0.29) is 29.7 Å². The van der Waals surface area contributed by atoms with Crippen LogP contribution in [0.1, 0.15) is 63.5 Å². The van der Waals surface area contributed by atoms with Gasteiger partial charge in [-0.1, -0.05) is 18.9 Å². The van der Waals surface area contributed by atoms with Gasteiger partial charge >= 0.3 is 11.9 Å². The van der Waals surface area contributed by atoms with E-state index in [0.29, 0.717) is 18.6 Å². The summed E-state index contributed by atoms with van der Waals surface area (Å²) in [6, 6.07) is 5.72. The van der Waals surface area contributed by atoms with Crippen LogP contribution in [0, 0.1) is 29.6 Å². The third-order valence-corrected chi connectivity index (χ3v) is 7.61. The zero-order valence-corrected chi connectivity index (χ0v) is 17.2. The van der Waals surface area contributed by atoms with Gasteiger partial charge in [0.05, 0.1) is 6.10 Å². The van der Waals surface area contributed by atoms with Gasteiger partial charge in [0.1, 0.15) is 5.75 Å². The SMILES string of the molecule is C#C[C@]1(OC(C)=O)CC[C@@H]2[C@@H]3CCc4cc(OC(C)=O)ccc4[C@@H]3[C@@H](O)C[C@]21C. The van der Waals surface area contributed by atoms with Gasteiger partial charge in [0.15, 0.2) is 5.60 Å². The van der Waals surface area contributed by atoms with Crippen LogP contribution in [0.4, 0.5) is 0 Å². The minimum absolute atomic E-state index is 0.0223. The Balaban J connectivity index is 1.69. The van der Waals surface area contributed by atoms with Crippen LogP contribution in [0.3, 0.4) is 0 Å². The van der Waals surface area contributed by atoms with Gasteiger partial charge in [-0.25, -0.2) is 0 Å². The number of ether oxygens (including phenoxy) is 2. The maximum atomic E-state index is 11.8. The molecule has 3 aliphatic rings. The summed E-state index contributed by atoms with van der Waals surface area (Å²) in [4.78, 5) is 23.1. The number of carbonyl (C=O) groups is 2. The van der Waals surface area contributed by atoms with Gasteiger partial charge in [0, 0.05) is 25.2 Å². The van der Waals surface area contributed by atoms with E-state index in [9.17, 15) is 14.7 Å². The number of carbonyl (C=O) groups excluding carboxylic acids is 2. The third-order valence-electron chi connectivity index (χ3n) is 7.61. The molecule has 6 atom stereocenters. The molecular formula is C24H28O5. The first-order chi connectivity index (χ1) is 13.7. The summed E-state index contributed by atoms with van der Waals surface area (Å²) in [7, 11) is 0. The molecule has 0 amide bonds. The van der Waals surface area contributed by atoms with Crippen molar-refractivity contribution in [1.29, 1.82) is 0 Å². The van der Waals surface area contributed by atoms with Crippen molar-refractivity contribution in [2.24, 2.45) is 17.3 Å². The van der Waals surface area contributed by atoms with E-state index in [1.54, 1.807) is 0 Å². The van der Waals surface area contributed by atoms with E-state index < -0.39 is 17.1 Å². The number of hydrogen-bond acceptors (Lipinski definition) is 5. The highest BCUT2D eigenvalue weighted by atomic mass is 16.6. The Hall–Kier alpha value is -2.32. The molecule has 0 aromatic heterocycles. The predicted octanol–water partition coefficient (Wildman–Crippen LogP) is 3.37. The van der Waals surface area contributed by atoms with Crippen molar-refractivity contribution < 1.29 is 24.2 Å². The average molecular weight is 396 g/mol. The summed E-state index contributed by atoms with van der Waals surface area (Å²) in [5.74, 6) is 3.24. The third kappa shape index (κ3) is 2.97. The lowest BCUT2D eigenvalue weighted by Gasteiger charge is -2.54. The Labute approximate surface area is 171 Å². The second-order valence-electron chi connectivity index (χ2n) is 9.08. The summed E-state index contributed by atoms with van der Waals surface area (Å²) in [6.07, 6.45) is 9.16. The molecule has 5 nitrogen and oxygen atoms in total. The van der Waals surface area contributed by atoms with Gasteiger partial charge in [0.25, 0.3) is 0 Å². The van der Waals surface area contributed by atoms with Crippen LogP contribution in [0.2, 0.25) is 0 Å². The quantitative estimate of drug-likeness (QED) is 0.471. The first kappa shape index (κ1) is 20.0. The fraction of sp³-hybridized carbons (Fsp3) is 0.583. The Morgan fingerprint density at radius 3 is 2.66 bits per heavy atom. The summed E-state index contributed by atoms with van der Waals surface area (Å²) >= 11 is 0. The number of terminal acetylenes is 1. The monoisotopic (exact) mass is 396 g/mol. The van der Waals surface area contributed by atoms with Gasteiger partial charge in [-0.3, -0.25) is 9.59 Å². The lowest BCUT2D eigenvalue weighted by Crippen LogP contribution is -2.55. The number of fused-ring (bicyclic) bond motifs is 5. The highest BCUT2D eigenvalue weighted by molar-refractivity contribution is 5.69. The molecule has 0 heterocycles. The smallest absolute Gasteiger partial charge is 0.308 e. The van der Waals surface area contributed by atoms with Crippen molar-refractivity contribution in [3.63, 3.8) is 0 Å². The van der Waals surface area contributed by atoms with Gasteiger partial charge in [-0.05, 0) is 67.2 Å². The minimum atomic E-state index is -0.949. The summed E-state index contributed by atoms with van der Waals surface area (Å²) in [6.45, 7) is 4.88. The van der Waals surface area contributed by atoms with Crippen molar-refractivity contribution in [2.75, 3.05) is 0 Å². The molecule has 0 aliphatic heterocycles. The standard InChI is InChI=1S/C24H28O5/c1-5-24(29-15(3)26)11-10-20-19-8-6-16-12-17(28-14(2)25)7-9-18(16)22(19)21(27)13-23(20,24)4/h1,7,9,12,19-22,27H,6,8,10-11,13H2,2-4H3/t19-,20+,21-,22-,23+,24-/m0/s1. The zero-order valence-electron chi connectivity index (χ0n) is 17.2. The van der Waals surface area contributed by atoms with Crippen LogP contribution in [-0.4, -0.2) is 28.8 Å². The normalized spacial score (nSPS) is 37.5. The molecule has 0 radical (unpaired) electrons. The van der Waals surface area contributed by atoms with Crippen LogP contribution in [0.5, 0.6) is 5.75 Å². The van der Waals surface area contributed by atoms with Gasteiger partial charge in [0.2, 0.25) is 0 Å². The maximum Gasteiger partial charge on any atom is 0.308 e. The first-order valence-corrected chi connectivity index (χ1v) is 10.4. The van der Waals surface area contributed by atoms with Crippen molar-refractivity contribution in [2.45, 2.75) is 70.5 Å². The van der Waals surface area contributed by atoms with E-state index in [0.717, 1.165) is 30.4 Å². The number of esters is 2. The molecule has 0 unspecified atom stereocenters. The summed E-state index contributed by atoms with van der Waals surface area (Å²) < 4.78 is 11.0. The number of hydrogen-bond donors (Lipinski definition) is 1. The van der Waals surface area contributed by atoms with Gasteiger partial charge in [-0.2, -0.15) is 0 Å². The van der Waals surface area contributed by atoms with E-state index >= 15 is 0 Å². The molecule has 5 heteroatoms. The molecule has 3 aliphatic carbocycles. The molecule has 29 heavy (non-hydrogen) atoms. The van der Waals surface area contributed by atoms with Crippen molar-refractivity contribution >= 4 is 11.9 Å². The van der Waals surface area contributed by atoms with Crippen LogP contribution < -0.4 is 4.74 Å². The lowest BCUT2D eigenvalue weighted by molar-refractivity contribution is -0.171. The fourth-order valence-electron chi connectivity index (χ4n) is 6.54. The van der Waals surface area contributed by atoms with Crippen molar-refractivity contribution in [3.8, 4) is 18.1 Å². The molecule has 0 spiro atoms. The highest BCUT2D eigenvalue weighted by Crippen LogP contribution is 2.65. The molecule has 2 fully saturated rings. The van der Waals surface area contributed by atoms with Crippen molar-refractivity contribution in [1.82, 2.24) is 0 Å². The number of aliphatic hydroxyl groups is 1. The number of rotatable bonds is 2. The Bertz CT molecular complexity index is 899. The fourth-order valence-corrected chi connectivity index (χ4v) is 6.54. The molecule has 1 aromatic carbocycles. The Kier molecular flexibility index (Phi) is 4.74. The number of aliphatic hydroxyl groups excluding tert-OH is 1. The molecule has 0 bridgehead atoms. The van der Waals surface area contributed by atoms with E-state index in [4.69, 9.17) is 15.9 Å². The zero-order chi connectivity index (χ0) is 21.0. The van der Waals surface area contributed by atoms with Crippen LogP contribution in [0.25, 0.3) is 0 Å². The molecule has 4 rings (SSSR count). The maximum absolute atomic E-state index is 11.8. The second kappa shape index (κ2) is 6.88. The van der Waals surface area contributed by atoms with Crippen LogP contribution in [-0.2, 0) is 20.7 Å². The second-order valence-corrected chi connectivity index (χ2v) is 9.08. The largest absolute Gasteiger partial charge is 0.445 e.